The van der Waals surface area contributed by atoms with Gasteiger partial charge in [0, 0.05) is 19.6 Å². The largest absolute Gasteiger partial charge is 0.356 e. The number of likely N-dealkylation sites (N-methyl/N-ethyl adjacent to an activating group) is 1. The summed E-state index contributed by atoms with van der Waals surface area (Å²) in [7, 11) is 1.60. The number of piperidine rings is 1. The Bertz CT molecular complexity index is 790. The van der Waals surface area contributed by atoms with Crippen molar-refractivity contribution in [1.82, 2.24) is 15.1 Å². The number of nitrogens with one attached hydrogen (secondary N) is 1. The number of imide groups is 1. The third-order valence-electron chi connectivity index (χ3n) is 5.97. The van der Waals surface area contributed by atoms with Crippen molar-refractivity contribution in [1.29, 1.82) is 0 Å². The van der Waals surface area contributed by atoms with E-state index in [4.69, 9.17) is 4.74 Å². The predicted molar refractivity (Wildman–Crippen MR) is 102 cm³/mol. The van der Waals surface area contributed by atoms with Crippen molar-refractivity contribution >= 4 is 17.7 Å². The number of carbonyl (C=O) groups excluding carboxylic acids is 3. The molecule has 3 atom stereocenters. The number of benzene rings is 1. The summed E-state index contributed by atoms with van der Waals surface area (Å²) in [5.74, 6) is -1.45. The number of amides is 3. The average Bonchev–Trinajstić information content (AvgIpc) is 3.56. The van der Waals surface area contributed by atoms with Gasteiger partial charge in [-0.1, -0.05) is 12.1 Å². The van der Waals surface area contributed by atoms with Gasteiger partial charge in [0.15, 0.2) is 6.10 Å². The highest BCUT2D eigenvalue weighted by Crippen LogP contribution is 2.35. The van der Waals surface area contributed by atoms with Crippen molar-refractivity contribution in [3.63, 3.8) is 0 Å². The maximum Gasteiger partial charge on any atom is 0.261 e. The van der Waals surface area contributed by atoms with E-state index < -0.39 is 23.9 Å². The monoisotopic (exact) mass is 403 g/mol. The fraction of sp³-hybridized carbons (Fsp3) is 0.571. The molecule has 0 bridgehead atoms. The predicted octanol–water partition coefficient (Wildman–Crippen LogP) is 1.24. The number of hydrogen-bond donors (Lipinski definition) is 1. The van der Waals surface area contributed by atoms with Gasteiger partial charge in [-0.2, -0.15) is 0 Å². The van der Waals surface area contributed by atoms with Gasteiger partial charge in [-0.3, -0.25) is 19.3 Å². The van der Waals surface area contributed by atoms with Gasteiger partial charge in [0.25, 0.3) is 5.91 Å². The Hall–Kier alpha value is -2.32. The van der Waals surface area contributed by atoms with Crippen LogP contribution in [0.1, 0.15) is 37.3 Å². The molecule has 2 saturated heterocycles. The second-order valence-corrected chi connectivity index (χ2v) is 8.05. The molecule has 3 amide bonds. The molecule has 1 aromatic carbocycles. The quantitative estimate of drug-likeness (QED) is 0.766. The van der Waals surface area contributed by atoms with Crippen LogP contribution < -0.4 is 5.32 Å². The maximum absolute atomic E-state index is 13.5. The lowest BCUT2D eigenvalue weighted by Gasteiger charge is -2.40. The van der Waals surface area contributed by atoms with E-state index in [2.05, 4.69) is 5.32 Å². The molecular weight excluding hydrogens is 377 g/mol. The number of morpholine rings is 1. The summed E-state index contributed by atoms with van der Waals surface area (Å²) in [6, 6.07) is 4.88. The molecule has 2 heterocycles. The van der Waals surface area contributed by atoms with Gasteiger partial charge >= 0.3 is 0 Å². The van der Waals surface area contributed by atoms with Crippen molar-refractivity contribution in [3.05, 3.63) is 35.6 Å². The van der Waals surface area contributed by atoms with Crippen LogP contribution in [0.5, 0.6) is 0 Å². The molecule has 3 unspecified atom stereocenters. The molecule has 0 aromatic heterocycles. The maximum atomic E-state index is 13.5. The van der Waals surface area contributed by atoms with Crippen LogP contribution >= 0.6 is 0 Å². The number of ether oxygens (including phenoxy) is 1. The van der Waals surface area contributed by atoms with Crippen LogP contribution in [0.15, 0.2) is 24.3 Å². The Labute approximate surface area is 169 Å². The van der Waals surface area contributed by atoms with Crippen LogP contribution in [-0.2, 0) is 19.1 Å². The van der Waals surface area contributed by atoms with Crippen LogP contribution in [0.2, 0.25) is 0 Å². The topological polar surface area (TPSA) is 79.0 Å². The van der Waals surface area contributed by atoms with E-state index in [0.29, 0.717) is 12.1 Å². The molecule has 3 fully saturated rings. The Morgan fingerprint density at radius 3 is 2.52 bits per heavy atom. The summed E-state index contributed by atoms with van der Waals surface area (Å²) in [6.07, 6.45) is 2.25. The minimum absolute atomic E-state index is 0.0997. The molecule has 1 saturated carbocycles. The first-order valence-corrected chi connectivity index (χ1v) is 10.2. The van der Waals surface area contributed by atoms with E-state index in [0.717, 1.165) is 32.2 Å². The first kappa shape index (κ1) is 20.0. The van der Waals surface area contributed by atoms with Crippen LogP contribution in [0.3, 0.4) is 0 Å². The molecule has 1 aliphatic carbocycles. The fourth-order valence-corrected chi connectivity index (χ4v) is 4.17. The molecule has 0 spiro atoms. The number of hydrogen-bond acceptors (Lipinski definition) is 5. The number of halogens is 1. The Balaban J connectivity index is 1.62. The molecule has 8 heteroatoms. The molecule has 1 N–H and O–H groups in total. The summed E-state index contributed by atoms with van der Waals surface area (Å²) >= 11 is 0. The third-order valence-corrected chi connectivity index (χ3v) is 5.97. The molecule has 2 aliphatic heterocycles. The minimum Gasteiger partial charge on any atom is -0.356 e. The highest BCUT2D eigenvalue weighted by Gasteiger charge is 2.48. The van der Waals surface area contributed by atoms with Crippen molar-refractivity contribution in [3.8, 4) is 0 Å². The summed E-state index contributed by atoms with van der Waals surface area (Å²) in [5, 5.41) is 3.22. The molecule has 0 radical (unpaired) electrons. The van der Waals surface area contributed by atoms with E-state index in [1.807, 2.05) is 0 Å². The summed E-state index contributed by atoms with van der Waals surface area (Å²) in [6.45, 7) is 1.23. The van der Waals surface area contributed by atoms with E-state index in [-0.39, 0.29) is 30.4 Å². The molecule has 156 valence electrons. The van der Waals surface area contributed by atoms with E-state index in [1.165, 1.54) is 21.9 Å². The zero-order chi connectivity index (χ0) is 20.5. The van der Waals surface area contributed by atoms with Crippen molar-refractivity contribution in [2.24, 2.45) is 5.92 Å². The lowest BCUT2D eigenvalue weighted by Crippen LogP contribution is -2.57. The number of nitrogens with zero attached hydrogens (tertiary/aromatic N) is 2. The number of rotatable bonds is 4. The van der Waals surface area contributed by atoms with Crippen molar-refractivity contribution in [2.75, 3.05) is 26.7 Å². The highest BCUT2D eigenvalue weighted by atomic mass is 19.1. The smallest absolute Gasteiger partial charge is 0.261 e. The molecule has 3 aliphatic rings. The Morgan fingerprint density at radius 1 is 1.17 bits per heavy atom. The summed E-state index contributed by atoms with van der Waals surface area (Å²) < 4.78 is 19.1. The van der Waals surface area contributed by atoms with Crippen LogP contribution in [-0.4, -0.2) is 66.4 Å². The van der Waals surface area contributed by atoms with E-state index in [1.54, 1.807) is 19.2 Å². The van der Waals surface area contributed by atoms with E-state index in [9.17, 15) is 18.8 Å². The molecule has 1 aromatic rings. The highest BCUT2D eigenvalue weighted by molar-refractivity contribution is 6.00. The molecule has 4 rings (SSSR count). The second kappa shape index (κ2) is 8.20. The first-order chi connectivity index (χ1) is 14.0. The van der Waals surface area contributed by atoms with Crippen LogP contribution in [0.4, 0.5) is 4.39 Å². The van der Waals surface area contributed by atoms with Gasteiger partial charge in [0.2, 0.25) is 11.8 Å². The van der Waals surface area contributed by atoms with Gasteiger partial charge in [-0.15, -0.1) is 0 Å². The Morgan fingerprint density at radius 2 is 1.90 bits per heavy atom. The third kappa shape index (κ3) is 4.04. The summed E-state index contributed by atoms with van der Waals surface area (Å²) in [5.41, 5.74) is 0.600. The normalized spacial score (nSPS) is 27.6. The zero-order valence-corrected chi connectivity index (χ0v) is 16.5. The second-order valence-electron chi connectivity index (χ2n) is 8.05. The Kier molecular flexibility index (Phi) is 5.65. The van der Waals surface area contributed by atoms with Gasteiger partial charge in [-0.25, -0.2) is 4.39 Å². The molecular formula is C21H26FN3O4. The average molecular weight is 403 g/mol. The SMILES string of the molecule is CN1C(=O)COC(C(=O)N(C(=O)C2CCCNC2)C2CC2)C1c1ccc(F)cc1. The van der Waals surface area contributed by atoms with Gasteiger partial charge < -0.3 is 15.0 Å². The fourth-order valence-electron chi connectivity index (χ4n) is 4.17. The number of carbonyl (C=O) groups is 3. The molecule has 7 nitrogen and oxygen atoms in total. The first-order valence-electron chi connectivity index (χ1n) is 10.2. The zero-order valence-electron chi connectivity index (χ0n) is 16.5. The lowest BCUT2D eigenvalue weighted by molar-refractivity contribution is -0.170. The van der Waals surface area contributed by atoms with Gasteiger partial charge in [0.05, 0.1) is 12.0 Å². The van der Waals surface area contributed by atoms with Crippen LogP contribution in [0, 0.1) is 11.7 Å². The minimum atomic E-state index is -0.996. The molecule has 29 heavy (non-hydrogen) atoms. The van der Waals surface area contributed by atoms with Gasteiger partial charge in [0.1, 0.15) is 12.4 Å². The lowest BCUT2D eigenvalue weighted by atomic mass is 9.95. The standard InChI is InChI=1S/C21H26FN3O4/c1-24-17(26)12-29-19(18(24)13-4-6-15(22)7-5-13)21(28)25(16-8-9-16)20(27)14-3-2-10-23-11-14/h4-7,14,16,18-19,23H,2-3,8-12H2,1H3. The van der Waals surface area contributed by atoms with Crippen molar-refractivity contribution < 1.29 is 23.5 Å². The summed E-state index contributed by atoms with van der Waals surface area (Å²) in [4.78, 5) is 41.8. The van der Waals surface area contributed by atoms with Crippen molar-refractivity contribution in [2.45, 2.75) is 43.9 Å². The van der Waals surface area contributed by atoms with Crippen LogP contribution in [0.25, 0.3) is 0 Å². The van der Waals surface area contributed by atoms with E-state index >= 15 is 0 Å². The van der Waals surface area contributed by atoms with Gasteiger partial charge in [-0.05, 0) is 49.9 Å².